The van der Waals surface area contributed by atoms with Crippen molar-refractivity contribution in [2.24, 2.45) is 5.73 Å². The van der Waals surface area contributed by atoms with Crippen molar-refractivity contribution < 1.29 is 23.1 Å². The van der Waals surface area contributed by atoms with Crippen molar-refractivity contribution in [2.75, 3.05) is 5.32 Å². The molecule has 8 heteroatoms. The molecule has 0 saturated heterocycles. The number of hydrogen-bond donors (Lipinski definition) is 3. The largest absolute Gasteiger partial charge is 0.477 e. The van der Waals surface area contributed by atoms with Gasteiger partial charge in [-0.05, 0) is 12.2 Å². The fourth-order valence-corrected chi connectivity index (χ4v) is 1.13. The van der Waals surface area contributed by atoms with E-state index < -0.39 is 39.8 Å². The summed E-state index contributed by atoms with van der Waals surface area (Å²) in [5.41, 5.74) is 2.96. The van der Waals surface area contributed by atoms with Gasteiger partial charge in [0.25, 0.3) is 0 Å². The molecule has 0 saturated carbocycles. The van der Waals surface area contributed by atoms with Gasteiger partial charge in [0.05, 0.1) is 5.69 Å². The maximum absolute atomic E-state index is 13.4. The quantitative estimate of drug-likeness (QED) is 0.547. The topological polar surface area (TPSA) is 75.3 Å². The Balaban J connectivity index is 3.44. The SMILES string of the molecule is NC(=S)Nc1cc(F)c(F)c(C(=O)O)c1F. The highest BCUT2D eigenvalue weighted by molar-refractivity contribution is 7.80. The number of carboxylic acids is 1. The number of benzene rings is 1. The van der Waals surface area contributed by atoms with E-state index in [1.54, 1.807) is 0 Å². The van der Waals surface area contributed by atoms with Gasteiger partial charge in [0.1, 0.15) is 5.56 Å². The maximum atomic E-state index is 13.4. The van der Waals surface area contributed by atoms with Crippen LogP contribution in [0.5, 0.6) is 0 Å². The van der Waals surface area contributed by atoms with Gasteiger partial charge in [-0.3, -0.25) is 0 Å². The highest BCUT2D eigenvalue weighted by Gasteiger charge is 2.24. The Labute approximate surface area is 92.9 Å². The lowest BCUT2D eigenvalue weighted by Crippen LogP contribution is -2.21. The van der Waals surface area contributed by atoms with Crippen molar-refractivity contribution >= 4 is 29.0 Å². The van der Waals surface area contributed by atoms with Crippen molar-refractivity contribution in [3.8, 4) is 0 Å². The first-order valence-corrected chi connectivity index (χ1v) is 4.22. The molecule has 0 amide bonds. The van der Waals surface area contributed by atoms with Gasteiger partial charge >= 0.3 is 5.97 Å². The van der Waals surface area contributed by atoms with E-state index in [0.29, 0.717) is 6.07 Å². The molecule has 0 heterocycles. The average Bonchev–Trinajstić information content (AvgIpc) is 2.13. The lowest BCUT2D eigenvalue weighted by molar-refractivity contribution is 0.0685. The molecule has 0 aliphatic carbocycles. The summed E-state index contributed by atoms with van der Waals surface area (Å²) < 4.78 is 39.2. The molecule has 1 aromatic rings. The lowest BCUT2D eigenvalue weighted by atomic mass is 10.1. The first-order chi connectivity index (χ1) is 7.34. The van der Waals surface area contributed by atoms with Gasteiger partial charge in [0.15, 0.2) is 22.6 Å². The van der Waals surface area contributed by atoms with Crippen molar-refractivity contribution in [1.29, 1.82) is 0 Å². The summed E-state index contributed by atoms with van der Waals surface area (Å²) in [5, 5.41) is 10.1. The van der Waals surface area contributed by atoms with E-state index in [4.69, 9.17) is 10.8 Å². The zero-order chi connectivity index (χ0) is 12.5. The third-order valence-corrected chi connectivity index (χ3v) is 1.73. The molecule has 0 aliphatic rings. The summed E-state index contributed by atoms with van der Waals surface area (Å²) in [6, 6.07) is 0.427. The molecular weight excluding hydrogens is 245 g/mol. The van der Waals surface area contributed by atoms with Crippen LogP contribution in [0.25, 0.3) is 0 Å². The predicted octanol–water partition coefficient (Wildman–Crippen LogP) is 1.46. The fraction of sp³-hybridized carbons (Fsp3) is 0. The number of carboxylic acid groups (broad SMARTS) is 1. The molecule has 0 radical (unpaired) electrons. The number of hydrogen-bond acceptors (Lipinski definition) is 2. The number of nitrogens with one attached hydrogen (secondary N) is 1. The Bertz CT molecular complexity index is 479. The van der Waals surface area contributed by atoms with Crippen molar-refractivity contribution in [1.82, 2.24) is 0 Å². The zero-order valence-electron chi connectivity index (χ0n) is 7.55. The van der Waals surface area contributed by atoms with E-state index in [0.717, 1.165) is 0 Å². The van der Waals surface area contributed by atoms with E-state index in [1.807, 2.05) is 5.32 Å². The van der Waals surface area contributed by atoms with Crippen LogP contribution in [-0.4, -0.2) is 16.2 Å². The van der Waals surface area contributed by atoms with Crippen LogP contribution >= 0.6 is 12.2 Å². The van der Waals surface area contributed by atoms with Crippen LogP contribution < -0.4 is 11.1 Å². The molecule has 0 fully saturated rings. The molecule has 86 valence electrons. The predicted molar refractivity (Wildman–Crippen MR) is 53.7 cm³/mol. The number of aromatic carboxylic acids is 1. The third kappa shape index (κ3) is 2.22. The van der Waals surface area contributed by atoms with Crippen molar-refractivity contribution in [3.05, 3.63) is 29.1 Å². The Kier molecular flexibility index (Phi) is 3.33. The zero-order valence-corrected chi connectivity index (χ0v) is 8.37. The van der Waals surface area contributed by atoms with Crippen LogP contribution in [0.15, 0.2) is 6.07 Å². The van der Waals surface area contributed by atoms with Gasteiger partial charge in [-0.1, -0.05) is 0 Å². The first-order valence-electron chi connectivity index (χ1n) is 3.81. The van der Waals surface area contributed by atoms with E-state index in [9.17, 15) is 18.0 Å². The second kappa shape index (κ2) is 4.35. The summed E-state index contributed by atoms with van der Waals surface area (Å²) >= 11 is 4.36. The second-order valence-electron chi connectivity index (χ2n) is 2.70. The minimum Gasteiger partial charge on any atom is -0.477 e. The number of anilines is 1. The summed E-state index contributed by atoms with van der Waals surface area (Å²) in [5.74, 6) is -6.70. The molecule has 1 aromatic carbocycles. The van der Waals surface area contributed by atoms with Crippen LogP contribution in [0.2, 0.25) is 0 Å². The summed E-state index contributed by atoms with van der Waals surface area (Å²) in [6.45, 7) is 0. The normalized spacial score (nSPS) is 9.94. The molecule has 0 aromatic heterocycles. The van der Waals surface area contributed by atoms with Gasteiger partial charge < -0.3 is 16.2 Å². The minimum absolute atomic E-state index is 0.402. The van der Waals surface area contributed by atoms with Gasteiger partial charge in [0.2, 0.25) is 0 Å². The van der Waals surface area contributed by atoms with Crippen LogP contribution in [0.1, 0.15) is 10.4 Å². The number of thiocarbonyl (C=S) groups is 1. The number of carbonyl (C=O) groups is 1. The van der Waals surface area contributed by atoms with Gasteiger partial charge in [-0.25, -0.2) is 18.0 Å². The van der Waals surface area contributed by atoms with E-state index in [2.05, 4.69) is 12.2 Å². The molecule has 16 heavy (non-hydrogen) atoms. The van der Waals surface area contributed by atoms with Crippen LogP contribution in [0, 0.1) is 17.5 Å². The van der Waals surface area contributed by atoms with E-state index in [-0.39, 0.29) is 0 Å². The monoisotopic (exact) mass is 250 g/mol. The standard InChI is InChI=1S/C8H5F3N2O2S/c9-2-1-3(13-8(12)16)6(11)4(5(2)10)7(14)15/h1H,(H,14,15)(H3,12,13,16). The van der Waals surface area contributed by atoms with Crippen molar-refractivity contribution in [3.63, 3.8) is 0 Å². The van der Waals surface area contributed by atoms with Crippen LogP contribution in [0.3, 0.4) is 0 Å². The molecule has 0 spiro atoms. The van der Waals surface area contributed by atoms with Crippen LogP contribution in [-0.2, 0) is 0 Å². The Morgan fingerprint density at radius 1 is 1.38 bits per heavy atom. The summed E-state index contributed by atoms with van der Waals surface area (Å²) in [7, 11) is 0. The average molecular weight is 250 g/mol. The Morgan fingerprint density at radius 2 is 1.94 bits per heavy atom. The smallest absolute Gasteiger partial charge is 0.341 e. The van der Waals surface area contributed by atoms with Gasteiger partial charge in [0, 0.05) is 6.07 Å². The molecule has 0 atom stereocenters. The number of rotatable bonds is 2. The molecule has 0 bridgehead atoms. The fourth-order valence-electron chi connectivity index (χ4n) is 1.02. The highest BCUT2D eigenvalue weighted by Crippen LogP contribution is 2.23. The molecule has 0 unspecified atom stereocenters. The maximum Gasteiger partial charge on any atom is 0.341 e. The van der Waals surface area contributed by atoms with Crippen LogP contribution in [0.4, 0.5) is 18.9 Å². The molecule has 4 nitrogen and oxygen atoms in total. The lowest BCUT2D eigenvalue weighted by Gasteiger charge is -2.08. The summed E-state index contributed by atoms with van der Waals surface area (Å²) in [4.78, 5) is 10.5. The van der Waals surface area contributed by atoms with E-state index >= 15 is 0 Å². The second-order valence-corrected chi connectivity index (χ2v) is 3.14. The Morgan fingerprint density at radius 3 is 2.38 bits per heavy atom. The molecule has 0 aliphatic heterocycles. The van der Waals surface area contributed by atoms with Crippen molar-refractivity contribution in [2.45, 2.75) is 0 Å². The summed E-state index contributed by atoms with van der Waals surface area (Å²) in [6.07, 6.45) is 0. The molecule has 1 rings (SSSR count). The van der Waals surface area contributed by atoms with Gasteiger partial charge in [-0.2, -0.15) is 0 Å². The third-order valence-electron chi connectivity index (χ3n) is 1.63. The number of nitrogens with two attached hydrogens (primary N) is 1. The minimum atomic E-state index is -1.93. The Hall–Kier alpha value is -1.83. The highest BCUT2D eigenvalue weighted by atomic mass is 32.1. The van der Waals surface area contributed by atoms with Gasteiger partial charge in [-0.15, -0.1) is 0 Å². The number of halogens is 3. The first kappa shape index (κ1) is 12.2. The molecule has 4 N–H and O–H groups in total. The van der Waals surface area contributed by atoms with E-state index in [1.165, 1.54) is 0 Å². The molecular formula is C8H5F3N2O2S.